The lowest BCUT2D eigenvalue weighted by molar-refractivity contribution is -0.384. The number of sulfonamides is 1. The number of hydrogen-bond donors (Lipinski definition) is 0. The maximum atomic E-state index is 12.9. The van der Waals surface area contributed by atoms with E-state index in [0.29, 0.717) is 31.4 Å². The highest BCUT2D eigenvalue weighted by Crippen LogP contribution is 2.34. The summed E-state index contributed by atoms with van der Waals surface area (Å²) in [6.45, 7) is 5.42. The lowest BCUT2D eigenvalue weighted by Crippen LogP contribution is -2.35. The molecule has 0 aliphatic carbocycles. The fraction of sp³-hybridized carbons (Fsp3) is 0.667. The van der Waals surface area contributed by atoms with E-state index in [2.05, 4.69) is 18.9 Å². The van der Waals surface area contributed by atoms with Gasteiger partial charge in [0, 0.05) is 38.3 Å². The molecule has 0 radical (unpaired) electrons. The van der Waals surface area contributed by atoms with E-state index in [1.165, 1.54) is 16.4 Å². The van der Waals surface area contributed by atoms with Crippen LogP contribution >= 0.6 is 0 Å². The number of piperidine rings is 1. The summed E-state index contributed by atoms with van der Waals surface area (Å²) in [6.07, 6.45) is 3.63. The molecular weight excluding hydrogens is 368 g/mol. The number of benzene rings is 1. The van der Waals surface area contributed by atoms with Gasteiger partial charge < -0.3 is 9.80 Å². The molecule has 1 atom stereocenters. The van der Waals surface area contributed by atoms with Gasteiger partial charge in [0.2, 0.25) is 10.0 Å². The van der Waals surface area contributed by atoms with Gasteiger partial charge in [-0.2, -0.15) is 4.31 Å². The number of hydrogen-bond acceptors (Lipinski definition) is 6. The van der Waals surface area contributed by atoms with Gasteiger partial charge in [0.25, 0.3) is 5.69 Å². The van der Waals surface area contributed by atoms with Crippen molar-refractivity contribution in [1.82, 2.24) is 9.21 Å². The van der Waals surface area contributed by atoms with E-state index < -0.39 is 14.9 Å². The minimum Gasteiger partial charge on any atom is -0.364 e. The molecule has 2 fully saturated rings. The Kier molecular flexibility index (Phi) is 6.02. The summed E-state index contributed by atoms with van der Waals surface area (Å²) in [5.74, 6) is 0. The maximum Gasteiger partial charge on any atom is 0.293 e. The Morgan fingerprint density at radius 1 is 1.22 bits per heavy atom. The predicted molar refractivity (Wildman–Crippen MR) is 105 cm³/mol. The first-order valence-corrected chi connectivity index (χ1v) is 11.0. The summed E-state index contributed by atoms with van der Waals surface area (Å²) >= 11 is 0. The fourth-order valence-corrected chi connectivity index (χ4v) is 5.45. The normalized spacial score (nSPS) is 21.7. The first-order valence-electron chi connectivity index (χ1n) is 9.58. The number of nitro benzene ring substituents is 1. The molecule has 9 heteroatoms. The summed E-state index contributed by atoms with van der Waals surface area (Å²) < 4.78 is 27.2. The van der Waals surface area contributed by atoms with E-state index in [4.69, 9.17) is 0 Å². The summed E-state index contributed by atoms with van der Waals surface area (Å²) in [7, 11) is -1.63. The van der Waals surface area contributed by atoms with Gasteiger partial charge in [-0.1, -0.05) is 13.3 Å². The van der Waals surface area contributed by atoms with Crippen LogP contribution < -0.4 is 4.90 Å². The van der Waals surface area contributed by atoms with Gasteiger partial charge in [-0.05, 0) is 45.0 Å². The second kappa shape index (κ2) is 8.12. The predicted octanol–water partition coefficient (Wildman–Crippen LogP) is 2.30. The molecule has 2 heterocycles. The quantitative estimate of drug-likeness (QED) is 0.542. The van der Waals surface area contributed by atoms with Gasteiger partial charge in [0.05, 0.1) is 9.82 Å². The molecule has 8 nitrogen and oxygen atoms in total. The van der Waals surface area contributed by atoms with Gasteiger partial charge in [0.1, 0.15) is 5.69 Å². The largest absolute Gasteiger partial charge is 0.364 e. The number of rotatable bonds is 6. The zero-order valence-electron chi connectivity index (χ0n) is 16.0. The fourth-order valence-electron chi connectivity index (χ4n) is 3.91. The lowest BCUT2D eigenvalue weighted by atomic mass is 10.2. The molecular formula is C18H28N4O4S. The van der Waals surface area contributed by atoms with Crippen LogP contribution in [0.5, 0.6) is 0 Å². The van der Waals surface area contributed by atoms with Gasteiger partial charge >= 0.3 is 0 Å². The second-order valence-electron chi connectivity index (χ2n) is 7.33. The molecule has 2 aliphatic heterocycles. The molecule has 150 valence electrons. The first-order chi connectivity index (χ1) is 12.8. The molecule has 27 heavy (non-hydrogen) atoms. The number of nitro groups is 1. The molecule has 0 bridgehead atoms. The molecule has 3 rings (SSSR count). The Balaban J connectivity index is 1.89. The molecule has 2 saturated heterocycles. The Hall–Kier alpha value is -1.71. The van der Waals surface area contributed by atoms with E-state index >= 15 is 0 Å². The Bertz CT molecular complexity index is 793. The van der Waals surface area contributed by atoms with Crippen LogP contribution in [0.15, 0.2) is 23.1 Å². The number of anilines is 1. The van der Waals surface area contributed by atoms with Crippen LogP contribution in [-0.2, 0) is 10.0 Å². The molecule has 1 aromatic carbocycles. The third-order valence-electron chi connectivity index (χ3n) is 5.72. The van der Waals surface area contributed by atoms with Crippen LogP contribution in [0.1, 0.15) is 32.6 Å². The lowest BCUT2D eigenvalue weighted by Gasteiger charge is -2.26. The molecule has 2 aliphatic rings. The van der Waals surface area contributed by atoms with Gasteiger partial charge in [0.15, 0.2) is 0 Å². The molecule has 1 aromatic rings. The molecule has 0 spiro atoms. The Morgan fingerprint density at radius 3 is 2.56 bits per heavy atom. The van der Waals surface area contributed by atoms with Crippen LogP contribution in [-0.4, -0.2) is 68.4 Å². The van der Waals surface area contributed by atoms with Crippen LogP contribution in [0.25, 0.3) is 0 Å². The van der Waals surface area contributed by atoms with Crippen LogP contribution in [0.3, 0.4) is 0 Å². The topological polar surface area (TPSA) is 87.0 Å². The third kappa shape index (κ3) is 4.09. The van der Waals surface area contributed by atoms with Gasteiger partial charge in [-0.3, -0.25) is 10.1 Å². The minimum absolute atomic E-state index is 0.0151. The molecule has 0 amide bonds. The van der Waals surface area contributed by atoms with Gasteiger partial charge in [-0.15, -0.1) is 0 Å². The average molecular weight is 397 g/mol. The highest BCUT2D eigenvalue weighted by Gasteiger charge is 2.32. The van der Waals surface area contributed by atoms with E-state index in [1.807, 2.05) is 4.90 Å². The Labute approximate surface area is 160 Å². The SMILES string of the molecule is CCN(C)C1CCN(c2ccc(S(=O)(=O)N3CCCCC3)cc2[N+](=O)[O-])C1. The zero-order chi connectivity index (χ0) is 19.6. The Morgan fingerprint density at radius 2 is 1.93 bits per heavy atom. The highest BCUT2D eigenvalue weighted by molar-refractivity contribution is 7.89. The maximum absolute atomic E-state index is 12.9. The van der Waals surface area contributed by atoms with E-state index in [9.17, 15) is 18.5 Å². The smallest absolute Gasteiger partial charge is 0.293 e. The average Bonchev–Trinajstić information content (AvgIpc) is 3.17. The molecule has 0 saturated carbocycles. The number of likely N-dealkylation sites (N-methyl/N-ethyl adjacent to an activating group) is 1. The van der Waals surface area contributed by atoms with Crippen LogP contribution in [0.2, 0.25) is 0 Å². The van der Waals surface area contributed by atoms with E-state index in [-0.39, 0.29) is 10.6 Å². The van der Waals surface area contributed by atoms with Crippen LogP contribution in [0.4, 0.5) is 11.4 Å². The zero-order valence-corrected chi connectivity index (χ0v) is 16.8. The van der Waals surface area contributed by atoms with Crippen molar-refractivity contribution in [2.45, 2.75) is 43.5 Å². The summed E-state index contributed by atoms with van der Waals surface area (Å²) in [6, 6.07) is 4.70. The van der Waals surface area contributed by atoms with Crippen LogP contribution in [0, 0.1) is 10.1 Å². The second-order valence-corrected chi connectivity index (χ2v) is 9.27. The minimum atomic E-state index is -3.68. The molecule has 1 unspecified atom stereocenters. The van der Waals surface area contributed by atoms with Crippen molar-refractivity contribution in [3.05, 3.63) is 28.3 Å². The van der Waals surface area contributed by atoms with Crippen molar-refractivity contribution in [2.24, 2.45) is 0 Å². The van der Waals surface area contributed by atoms with Crippen molar-refractivity contribution in [3.63, 3.8) is 0 Å². The van der Waals surface area contributed by atoms with Crippen molar-refractivity contribution >= 4 is 21.4 Å². The highest BCUT2D eigenvalue weighted by atomic mass is 32.2. The van der Waals surface area contributed by atoms with E-state index in [1.54, 1.807) is 6.07 Å². The van der Waals surface area contributed by atoms with Crippen molar-refractivity contribution in [1.29, 1.82) is 0 Å². The monoisotopic (exact) mass is 396 g/mol. The van der Waals surface area contributed by atoms with Gasteiger partial charge in [-0.25, -0.2) is 8.42 Å². The first kappa shape index (κ1) is 20.0. The molecule has 0 aromatic heterocycles. The summed E-state index contributed by atoms with van der Waals surface area (Å²) in [5.41, 5.74) is 0.373. The summed E-state index contributed by atoms with van der Waals surface area (Å²) in [5, 5.41) is 11.7. The number of nitrogens with zero attached hydrogens (tertiary/aromatic N) is 4. The third-order valence-corrected chi connectivity index (χ3v) is 7.62. The standard InChI is InChI=1S/C18H28N4O4S/c1-3-19(2)15-9-12-20(14-15)17-8-7-16(13-18(17)22(23)24)27(25,26)21-10-5-4-6-11-21/h7-8,13,15H,3-6,9-12,14H2,1-2H3. The molecule has 0 N–H and O–H groups in total. The summed E-state index contributed by atoms with van der Waals surface area (Å²) in [4.78, 5) is 15.4. The van der Waals surface area contributed by atoms with Crippen molar-refractivity contribution in [2.75, 3.05) is 44.7 Å². The van der Waals surface area contributed by atoms with E-state index in [0.717, 1.165) is 38.8 Å². The van der Waals surface area contributed by atoms with Crippen molar-refractivity contribution < 1.29 is 13.3 Å². The van der Waals surface area contributed by atoms with Crippen molar-refractivity contribution in [3.8, 4) is 0 Å².